The second kappa shape index (κ2) is 7.59. The first-order chi connectivity index (χ1) is 9.76. The van der Waals surface area contributed by atoms with Crippen LogP contribution >= 0.6 is 0 Å². The van der Waals surface area contributed by atoms with Gasteiger partial charge in [-0.25, -0.2) is 0 Å². The van der Waals surface area contributed by atoms with E-state index in [1.165, 1.54) is 0 Å². The van der Waals surface area contributed by atoms with Gasteiger partial charge in [0, 0.05) is 25.2 Å². The van der Waals surface area contributed by atoms with Crippen molar-refractivity contribution in [3.05, 3.63) is 0 Å². The topological polar surface area (TPSA) is 35.6 Å². The molecule has 1 fully saturated rings. The van der Waals surface area contributed by atoms with E-state index in [1.807, 2.05) is 6.92 Å². The Bertz CT molecular complexity index is 335. The molecular formula is C17H35N3O. The van der Waals surface area contributed by atoms with Crippen molar-refractivity contribution < 1.29 is 4.79 Å². The molecule has 1 amide bonds. The Balaban J connectivity index is 2.76. The third-order valence-electron chi connectivity index (χ3n) is 4.79. The molecule has 0 aromatic rings. The fourth-order valence-electron chi connectivity index (χ4n) is 3.31. The van der Waals surface area contributed by atoms with Crippen molar-refractivity contribution in [2.24, 2.45) is 0 Å². The Kier molecular flexibility index (Phi) is 6.67. The van der Waals surface area contributed by atoms with Gasteiger partial charge in [0.15, 0.2) is 0 Å². The molecule has 1 heterocycles. The zero-order valence-corrected chi connectivity index (χ0v) is 15.1. The van der Waals surface area contributed by atoms with Crippen LogP contribution in [0.1, 0.15) is 67.7 Å². The summed E-state index contributed by atoms with van der Waals surface area (Å²) in [6.45, 7) is 17.0. The molecule has 0 saturated carbocycles. The lowest BCUT2D eigenvalue weighted by molar-refractivity contribution is -0.133. The van der Waals surface area contributed by atoms with E-state index >= 15 is 0 Å². The predicted molar refractivity (Wildman–Crippen MR) is 89.2 cm³/mol. The zero-order valence-electron chi connectivity index (χ0n) is 15.1. The number of hydrogen-bond donors (Lipinski definition) is 1. The Morgan fingerprint density at radius 1 is 1.24 bits per heavy atom. The number of nitrogens with one attached hydrogen (secondary N) is 1. The highest BCUT2D eigenvalue weighted by Crippen LogP contribution is 2.25. The molecule has 2 unspecified atom stereocenters. The number of amides is 1. The molecule has 0 radical (unpaired) electrons. The van der Waals surface area contributed by atoms with Gasteiger partial charge in [-0.2, -0.15) is 0 Å². The van der Waals surface area contributed by atoms with Crippen LogP contribution in [-0.2, 0) is 4.79 Å². The third-order valence-corrected chi connectivity index (χ3v) is 4.79. The molecule has 1 aliphatic rings. The molecule has 0 aromatic carbocycles. The van der Waals surface area contributed by atoms with Crippen molar-refractivity contribution >= 4 is 5.91 Å². The minimum absolute atomic E-state index is 0.202. The van der Waals surface area contributed by atoms with Crippen LogP contribution < -0.4 is 5.32 Å². The van der Waals surface area contributed by atoms with Gasteiger partial charge in [0.2, 0.25) is 5.91 Å². The summed E-state index contributed by atoms with van der Waals surface area (Å²) in [5.74, 6) is 0.274. The van der Waals surface area contributed by atoms with Crippen LogP contribution in [0.4, 0.5) is 0 Å². The number of carbonyl (C=O) groups excluding carboxylic acids is 1. The molecule has 1 N–H and O–H groups in total. The fraction of sp³-hybridized carbons (Fsp3) is 0.941. The average Bonchev–Trinajstić information content (AvgIpc) is 2.63. The number of hydrogen-bond acceptors (Lipinski definition) is 3. The van der Waals surface area contributed by atoms with Gasteiger partial charge in [-0.05, 0) is 47.5 Å². The van der Waals surface area contributed by atoms with Gasteiger partial charge in [-0.1, -0.05) is 20.3 Å². The van der Waals surface area contributed by atoms with Crippen molar-refractivity contribution in [3.8, 4) is 0 Å². The summed E-state index contributed by atoms with van der Waals surface area (Å²) in [5, 5.41) is 3.56. The highest BCUT2D eigenvalue weighted by molar-refractivity contribution is 5.88. The molecule has 0 bridgehead atoms. The Hall–Kier alpha value is -0.610. The van der Waals surface area contributed by atoms with Crippen molar-refractivity contribution in [2.45, 2.75) is 91.5 Å². The molecule has 0 aliphatic carbocycles. The summed E-state index contributed by atoms with van der Waals surface area (Å²) < 4.78 is 0. The number of carbonyl (C=O) groups is 1. The van der Waals surface area contributed by atoms with Crippen molar-refractivity contribution in [2.75, 3.05) is 13.1 Å². The molecular weight excluding hydrogens is 262 g/mol. The highest BCUT2D eigenvalue weighted by atomic mass is 16.2. The van der Waals surface area contributed by atoms with E-state index in [9.17, 15) is 4.79 Å². The van der Waals surface area contributed by atoms with Crippen molar-refractivity contribution in [1.29, 1.82) is 0 Å². The minimum atomic E-state index is -0.375. The fourth-order valence-corrected chi connectivity index (χ4v) is 3.31. The van der Waals surface area contributed by atoms with Crippen LogP contribution in [0.25, 0.3) is 0 Å². The smallest absolute Gasteiger partial charge is 0.243 e. The predicted octanol–water partition coefficient (Wildman–Crippen LogP) is 2.83. The van der Waals surface area contributed by atoms with Gasteiger partial charge in [-0.3, -0.25) is 15.0 Å². The standard InChI is InChI=1S/C17H35N3O/c1-8-10-15-18-17(7,9-2)16(21)20(15)12-11-19(13(3)4)14(5)6/h13-15,18H,8-12H2,1-7H3. The van der Waals surface area contributed by atoms with Gasteiger partial charge < -0.3 is 4.90 Å². The van der Waals surface area contributed by atoms with E-state index < -0.39 is 0 Å². The van der Waals surface area contributed by atoms with E-state index in [2.05, 4.69) is 56.7 Å². The van der Waals surface area contributed by atoms with Crippen LogP contribution in [0.3, 0.4) is 0 Å². The molecule has 4 nitrogen and oxygen atoms in total. The summed E-state index contributed by atoms with van der Waals surface area (Å²) in [4.78, 5) is 17.3. The quantitative estimate of drug-likeness (QED) is 0.748. The second-order valence-corrected chi connectivity index (χ2v) is 7.06. The van der Waals surface area contributed by atoms with E-state index in [0.29, 0.717) is 12.1 Å². The average molecular weight is 297 g/mol. The summed E-state index contributed by atoms with van der Waals surface area (Å²) in [6, 6.07) is 1.02. The maximum absolute atomic E-state index is 12.7. The van der Waals surface area contributed by atoms with Gasteiger partial charge in [0.05, 0.1) is 11.7 Å². The molecule has 4 heteroatoms. The maximum Gasteiger partial charge on any atom is 0.243 e. The largest absolute Gasteiger partial charge is 0.324 e. The van der Waals surface area contributed by atoms with Gasteiger partial charge in [-0.15, -0.1) is 0 Å². The first-order valence-corrected chi connectivity index (χ1v) is 8.61. The van der Waals surface area contributed by atoms with E-state index in [0.717, 1.165) is 32.4 Å². The van der Waals surface area contributed by atoms with Crippen LogP contribution in [0.15, 0.2) is 0 Å². The molecule has 1 aliphatic heterocycles. The van der Waals surface area contributed by atoms with E-state index in [1.54, 1.807) is 0 Å². The Morgan fingerprint density at radius 2 is 1.81 bits per heavy atom. The lowest BCUT2D eigenvalue weighted by Gasteiger charge is -2.33. The summed E-state index contributed by atoms with van der Waals surface area (Å²) in [5.41, 5.74) is -0.375. The molecule has 0 spiro atoms. The zero-order chi connectivity index (χ0) is 16.2. The highest BCUT2D eigenvalue weighted by Gasteiger charge is 2.45. The number of nitrogens with zero attached hydrogens (tertiary/aromatic N) is 2. The lowest BCUT2D eigenvalue weighted by Crippen LogP contribution is -2.46. The molecule has 1 rings (SSSR count). The molecule has 1 saturated heterocycles. The van der Waals surface area contributed by atoms with Crippen LogP contribution in [0, 0.1) is 0 Å². The first kappa shape index (κ1) is 18.4. The minimum Gasteiger partial charge on any atom is -0.324 e. The maximum atomic E-state index is 12.7. The van der Waals surface area contributed by atoms with Gasteiger partial charge in [0.25, 0.3) is 0 Å². The monoisotopic (exact) mass is 297 g/mol. The summed E-state index contributed by atoms with van der Waals surface area (Å²) in [7, 11) is 0. The summed E-state index contributed by atoms with van der Waals surface area (Å²) >= 11 is 0. The van der Waals surface area contributed by atoms with E-state index in [4.69, 9.17) is 0 Å². The lowest BCUT2D eigenvalue weighted by atomic mass is 9.99. The first-order valence-electron chi connectivity index (χ1n) is 8.61. The third kappa shape index (κ3) is 4.19. The molecule has 124 valence electrons. The van der Waals surface area contributed by atoms with Crippen LogP contribution in [0.5, 0.6) is 0 Å². The van der Waals surface area contributed by atoms with Crippen molar-refractivity contribution in [3.63, 3.8) is 0 Å². The van der Waals surface area contributed by atoms with Crippen molar-refractivity contribution in [1.82, 2.24) is 15.1 Å². The van der Waals surface area contributed by atoms with Gasteiger partial charge in [0.1, 0.15) is 0 Å². The normalized spacial score (nSPS) is 26.7. The molecule has 2 atom stereocenters. The Labute approximate surface area is 131 Å². The Morgan fingerprint density at radius 3 is 2.24 bits per heavy atom. The number of rotatable bonds is 8. The van der Waals surface area contributed by atoms with Gasteiger partial charge >= 0.3 is 0 Å². The summed E-state index contributed by atoms with van der Waals surface area (Å²) in [6.07, 6.45) is 3.18. The van der Waals surface area contributed by atoms with Crippen LogP contribution in [-0.4, -0.2) is 52.6 Å². The van der Waals surface area contributed by atoms with Crippen LogP contribution in [0.2, 0.25) is 0 Å². The molecule has 0 aromatic heterocycles. The van der Waals surface area contributed by atoms with E-state index in [-0.39, 0.29) is 17.6 Å². The molecule has 21 heavy (non-hydrogen) atoms. The SMILES string of the molecule is CCCC1NC(C)(CC)C(=O)N1CCN(C(C)C)C(C)C. The second-order valence-electron chi connectivity index (χ2n) is 7.06.